The first-order chi connectivity index (χ1) is 11.3. The molecular weight excluding hydrogens is 286 g/mol. The number of ether oxygens (including phenoxy) is 2. The van der Waals surface area contributed by atoms with E-state index >= 15 is 0 Å². The predicted octanol–water partition coefficient (Wildman–Crippen LogP) is 4.43. The lowest BCUT2D eigenvalue weighted by Crippen LogP contribution is -2.47. The van der Waals surface area contributed by atoms with E-state index in [0.29, 0.717) is 12.0 Å². The summed E-state index contributed by atoms with van der Waals surface area (Å²) in [5.74, 6) is 1.53. The van der Waals surface area contributed by atoms with Crippen LogP contribution in [0.25, 0.3) is 0 Å². The normalized spacial score (nSPS) is 27.6. The summed E-state index contributed by atoms with van der Waals surface area (Å²) in [5, 5.41) is 0. The van der Waals surface area contributed by atoms with Gasteiger partial charge in [-0.05, 0) is 56.5 Å². The number of nitrogens with zero attached hydrogens (tertiary/aromatic N) is 1. The molecule has 1 heterocycles. The van der Waals surface area contributed by atoms with Crippen LogP contribution in [-0.2, 0) is 4.74 Å². The van der Waals surface area contributed by atoms with Crippen molar-refractivity contribution in [2.75, 3.05) is 27.3 Å². The zero-order valence-corrected chi connectivity index (χ0v) is 14.7. The maximum atomic E-state index is 6.00. The van der Waals surface area contributed by atoms with Gasteiger partial charge in [-0.25, -0.2) is 0 Å². The van der Waals surface area contributed by atoms with E-state index in [2.05, 4.69) is 29.2 Å². The largest absolute Gasteiger partial charge is 0.497 e. The molecule has 1 aliphatic carbocycles. The third kappa shape index (κ3) is 3.89. The van der Waals surface area contributed by atoms with Gasteiger partial charge in [0.2, 0.25) is 0 Å². The van der Waals surface area contributed by atoms with Crippen LogP contribution < -0.4 is 4.74 Å². The first kappa shape index (κ1) is 16.8. The lowest BCUT2D eigenvalue weighted by molar-refractivity contribution is -0.0204. The fourth-order valence-corrected chi connectivity index (χ4v) is 4.55. The molecule has 0 spiro atoms. The number of rotatable bonds is 5. The molecule has 1 aliphatic heterocycles. The SMILES string of the molecule is COc1ccc([C@H](OC)[C@H]2CCCC[C@@H]2N2CCCCC2)cc1. The Morgan fingerprint density at radius 2 is 1.61 bits per heavy atom. The monoisotopic (exact) mass is 317 g/mol. The fraction of sp³-hybridized carbons (Fsp3) is 0.700. The van der Waals surface area contributed by atoms with E-state index in [4.69, 9.17) is 9.47 Å². The van der Waals surface area contributed by atoms with Crippen molar-refractivity contribution >= 4 is 0 Å². The summed E-state index contributed by atoms with van der Waals surface area (Å²) in [6.07, 6.45) is 9.66. The minimum absolute atomic E-state index is 0.202. The fourth-order valence-electron chi connectivity index (χ4n) is 4.55. The van der Waals surface area contributed by atoms with Gasteiger partial charge in [-0.2, -0.15) is 0 Å². The van der Waals surface area contributed by atoms with E-state index in [0.717, 1.165) is 5.75 Å². The molecule has 2 fully saturated rings. The summed E-state index contributed by atoms with van der Waals surface area (Å²) >= 11 is 0. The summed E-state index contributed by atoms with van der Waals surface area (Å²) < 4.78 is 11.3. The van der Waals surface area contributed by atoms with E-state index in [-0.39, 0.29) is 6.10 Å². The average Bonchev–Trinajstić information content (AvgIpc) is 2.64. The van der Waals surface area contributed by atoms with Gasteiger partial charge in [0.15, 0.2) is 0 Å². The molecule has 128 valence electrons. The first-order valence-electron chi connectivity index (χ1n) is 9.24. The van der Waals surface area contributed by atoms with Crippen molar-refractivity contribution in [1.82, 2.24) is 4.90 Å². The van der Waals surface area contributed by atoms with Gasteiger partial charge in [0.1, 0.15) is 5.75 Å². The molecule has 1 saturated heterocycles. The van der Waals surface area contributed by atoms with Gasteiger partial charge < -0.3 is 14.4 Å². The Morgan fingerprint density at radius 1 is 0.913 bits per heavy atom. The molecule has 0 unspecified atom stereocenters. The van der Waals surface area contributed by atoms with Crippen molar-refractivity contribution in [1.29, 1.82) is 0 Å². The highest BCUT2D eigenvalue weighted by atomic mass is 16.5. The lowest BCUT2D eigenvalue weighted by Gasteiger charge is -2.44. The number of hydrogen-bond acceptors (Lipinski definition) is 3. The highest BCUT2D eigenvalue weighted by Crippen LogP contribution is 2.40. The van der Waals surface area contributed by atoms with E-state index < -0.39 is 0 Å². The molecule has 0 N–H and O–H groups in total. The summed E-state index contributed by atoms with van der Waals surface area (Å²) in [5.41, 5.74) is 1.29. The topological polar surface area (TPSA) is 21.7 Å². The highest BCUT2D eigenvalue weighted by molar-refractivity contribution is 5.29. The number of benzene rings is 1. The standard InChI is InChI=1S/C20H31NO2/c1-22-17-12-10-16(11-13-17)20(23-2)18-8-4-5-9-19(18)21-14-6-3-7-15-21/h10-13,18-20H,3-9,14-15H2,1-2H3/t18-,19-,20-/m0/s1. The average molecular weight is 317 g/mol. The van der Waals surface area contributed by atoms with E-state index in [1.807, 2.05) is 7.11 Å². The third-order valence-corrected chi connectivity index (χ3v) is 5.73. The molecule has 3 atom stereocenters. The van der Waals surface area contributed by atoms with Gasteiger partial charge >= 0.3 is 0 Å². The lowest BCUT2D eigenvalue weighted by atomic mass is 9.77. The van der Waals surface area contributed by atoms with Crippen LogP contribution in [0.4, 0.5) is 0 Å². The Balaban J connectivity index is 1.78. The van der Waals surface area contributed by atoms with Crippen molar-refractivity contribution in [3.05, 3.63) is 29.8 Å². The first-order valence-corrected chi connectivity index (χ1v) is 9.24. The maximum absolute atomic E-state index is 6.00. The van der Waals surface area contributed by atoms with Crippen LogP contribution in [0.2, 0.25) is 0 Å². The van der Waals surface area contributed by atoms with E-state index in [1.165, 1.54) is 63.6 Å². The molecule has 1 saturated carbocycles. The van der Waals surface area contributed by atoms with Crippen LogP contribution in [0.5, 0.6) is 5.75 Å². The smallest absolute Gasteiger partial charge is 0.118 e. The second-order valence-corrected chi connectivity index (χ2v) is 7.04. The van der Waals surface area contributed by atoms with Crippen LogP contribution in [0.1, 0.15) is 56.6 Å². The van der Waals surface area contributed by atoms with Crippen molar-refractivity contribution in [3.63, 3.8) is 0 Å². The van der Waals surface area contributed by atoms with Crippen molar-refractivity contribution in [2.24, 2.45) is 5.92 Å². The van der Waals surface area contributed by atoms with Gasteiger partial charge in [-0.15, -0.1) is 0 Å². The Kier molecular flexibility index (Phi) is 5.96. The molecule has 23 heavy (non-hydrogen) atoms. The van der Waals surface area contributed by atoms with Crippen molar-refractivity contribution in [2.45, 2.75) is 57.1 Å². The zero-order valence-electron chi connectivity index (χ0n) is 14.7. The molecule has 0 aromatic heterocycles. The molecular formula is C20H31NO2. The van der Waals surface area contributed by atoms with Crippen molar-refractivity contribution in [3.8, 4) is 5.75 Å². The van der Waals surface area contributed by atoms with Gasteiger partial charge in [0, 0.05) is 19.1 Å². The Morgan fingerprint density at radius 3 is 2.26 bits per heavy atom. The van der Waals surface area contributed by atoms with E-state index in [9.17, 15) is 0 Å². The molecule has 3 rings (SSSR count). The van der Waals surface area contributed by atoms with Gasteiger partial charge in [-0.1, -0.05) is 31.4 Å². The molecule has 3 nitrogen and oxygen atoms in total. The van der Waals surface area contributed by atoms with Crippen LogP contribution >= 0.6 is 0 Å². The van der Waals surface area contributed by atoms with Gasteiger partial charge in [0.25, 0.3) is 0 Å². The Bertz CT molecular complexity index is 467. The van der Waals surface area contributed by atoms with E-state index in [1.54, 1.807) is 7.11 Å². The molecule has 3 heteroatoms. The summed E-state index contributed by atoms with van der Waals surface area (Å²) in [7, 11) is 3.59. The third-order valence-electron chi connectivity index (χ3n) is 5.73. The molecule has 0 bridgehead atoms. The number of piperidine rings is 1. The molecule has 1 aromatic rings. The quantitative estimate of drug-likeness (QED) is 0.802. The molecule has 2 aliphatic rings. The predicted molar refractivity (Wildman–Crippen MR) is 93.9 cm³/mol. The maximum Gasteiger partial charge on any atom is 0.118 e. The minimum Gasteiger partial charge on any atom is -0.497 e. The molecule has 1 aromatic carbocycles. The van der Waals surface area contributed by atoms with Crippen LogP contribution in [0.3, 0.4) is 0 Å². The van der Waals surface area contributed by atoms with Gasteiger partial charge in [0.05, 0.1) is 13.2 Å². The molecule has 0 radical (unpaired) electrons. The zero-order chi connectivity index (χ0) is 16.1. The Labute approximate surface area is 141 Å². The summed E-state index contributed by atoms with van der Waals surface area (Å²) in [6.45, 7) is 2.56. The second kappa shape index (κ2) is 8.16. The van der Waals surface area contributed by atoms with Gasteiger partial charge in [-0.3, -0.25) is 0 Å². The number of likely N-dealkylation sites (tertiary alicyclic amines) is 1. The second-order valence-electron chi connectivity index (χ2n) is 7.04. The van der Waals surface area contributed by atoms with Crippen LogP contribution in [0.15, 0.2) is 24.3 Å². The highest BCUT2D eigenvalue weighted by Gasteiger charge is 2.36. The molecule has 0 amide bonds. The van der Waals surface area contributed by atoms with Crippen LogP contribution in [-0.4, -0.2) is 38.3 Å². The number of methoxy groups -OCH3 is 2. The summed E-state index contributed by atoms with van der Waals surface area (Å²) in [6, 6.07) is 9.15. The summed E-state index contributed by atoms with van der Waals surface area (Å²) in [4.78, 5) is 2.75. The van der Waals surface area contributed by atoms with Crippen molar-refractivity contribution < 1.29 is 9.47 Å². The minimum atomic E-state index is 0.202. The Hall–Kier alpha value is -1.06. The number of hydrogen-bond donors (Lipinski definition) is 0. The van der Waals surface area contributed by atoms with Crippen LogP contribution in [0, 0.1) is 5.92 Å².